The Kier molecular flexibility index (Phi) is 3.91. The zero-order chi connectivity index (χ0) is 14.2. The van der Waals surface area contributed by atoms with E-state index in [1.54, 1.807) is 14.0 Å². The van der Waals surface area contributed by atoms with Crippen LogP contribution in [0.4, 0.5) is 10.1 Å². The van der Waals surface area contributed by atoms with Crippen molar-refractivity contribution in [2.24, 2.45) is 7.05 Å². The van der Waals surface area contributed by atoms with E-state index in [4.69, 9.17) is 17.3 Å². The van der Waals surface area contributed by atoms with Gasteiger partial charge in [-0.3, -0.25) is 8.89 Å². The van der Waals surface area contributed by atoms with Crippen LogP contribution in [0.3, 0.4) is 0 Å². The Morgan fingerprint density at radius 1 is 1.53 bits per heavy atom. The van der Waals surface area contributed by atoms with E-state index in [9.17, 15) is 8.60 Å². The third-order valence-electron chi connectivity index (χ3n) is 2.77. The minimum Gasteiger partial charge on any atom is -0.398 e. The summed E-state index contributed by atoms with van der Waals surface area (Å²) in [4.78, 5) is 0.277. The standard InChI is InChI=1S/C12H13ClFN3OS/c1-7-9(12(13)17(2)16-7)6-19(18)11-5-8(14)3-4-10(11)15/h3-5H,6,15H2,1-2H3. The van der Waals surface area contributed by atoms with E-state index in [0.717, 1.165) is 0 Å². The summed E-state index contributed by atoms with van der Waals surface area (Å²) in [6.45, 7) is 1.79. The minimum atomic E-state index is -1.47. The molecule has 0 bridgehead atoms. The van der Waals surface area contributed by atoms with Gasteiger partial charge in [-0.15, -0.1) is 0 Å². The Morgan fingerprint density at radius 2 is 2.21 bits per heavy atom. The highest BCUT2D eigenvalue weighted by molar-refractivity contribution is 7.84. The second-order valence-electron chi connectivity index (χ2n) is 4.15. The van der Waals surface area contributed by atoms with Gasteiger partial charge in [0, 0.05) is 18.3 Å². The van der Waals surface area contributed by atoms with E-state index in [1.807, 2.05) is 0 Å². The molecule has 102 valence electrons. The summed E-state index contributed by atoms with van der Waals surface area (Å²) in [6, 6.07) is 3.82. The Labute approximate surface area is 117 Å². The molecule has 2 N–H and O–H groups in total. The van der Waals surface area contributed by atoms with Gasteiger partial charge >= 0.3 is 0 Å². The molecule has 0 aliphatic rings. The smallest absolute Gasteiger partial charge is 0.131 e. The number of hydrogen-bond acceptors (Lipinski definition) is 3. The SMILES string of the molecule is Cc1nn(C)c(Cl)c1CS(=O)c1cc(F)ccc1N. The van der Waals surface area contributed by atoms with E-state index in [2.05, 4.69) is 5.10 Å². The molecule has 0 spiro atoms. The highest BCUT2D eigenvalue weighted by atomic mass is 35.5. The number of nitrogens with zero attached hydrogens (tertiary/aromatic N) is 2. The first kappa shape index (κ1) is 14.0. The van der Waals surface area contributed by atoms with Gasteiger partial charge in [0.05, 0.1) is 27.1 Å². The maximum Gasteiger partial charge on any atom is 0.131 e. The first-order valence-electron chi connectivity index (χ1n) is 5.51. The van der Waals surface area contributed by atoms with E-state index in [-0.39, 0.29) is 10.6 Å². The van der Waals surface area contributed by atoms with Crippen molar-refractivity contribution in [2.45, 2.75) is 17.6 Å². The molecule has 7 heteroatoms. The molecule has 1 unspecified atom stereocenters. The van der Waals surface area contributed by atoms with Crippen LogP contribution in [0, 0.1) is 12.7 Å². The largest absolute Gasteiger partial charge is 0.398 e. The number of nitrogens with two attached hydrogens (primary N) is 1. The number of benzene rings is 1. The van der Waals surface area contributed by atoms with Crippen LogP contribution in [0.2, 0.25) is 5.15 Å². The van der Waals surface area contributed by atoms with Crippen LogP contribution in [-0.2, 0) is 23.6 Å². The highest BCUT2D eigenvalue weighted by Crippen LogP contribution is 2.25. The first-order valence-corrected chi connectivity index (χ1v) is 7.21. The molecule has 1 atom stereocenters. The molecule has 0 aliphatic carbocycles. The fourth-order valence-corrected chi connectivity index (χ4v) is 3.41. The number of nitrogen functional groups attached to an aromatic ring is 1. The van der Waals surface area contributed by atoms with Gasteiger partial charge in [-0.2, -0.15) is 5.10 Å². The molecule has 19 heavy (non-hydrogen) atoms. The monoisotopic (exact) mass is 301 g/mol. The molecule has 4 nitrogen and oxygen atoms in total. The lowest BCUT2D eigenvalue weighted by molar-refractivity contribution is 0.623. The normalized spacial score (nSPS) is 12.6. The molecule has 1 aromatic heterocycles. The van der Waals surface area contributed by atoms with Gasteiger partial charge in [0.1, 0.15) is 11.0 Å². The van der Waals surface area contributed by atoms with Crippen molar-refractivity contribution < 1.29 is 8.60 Å². The fraction of sp³-hybridized carbons (Fsp3) is 0.250. The maximum atomic E-state index is 13.2. The molecule has 0 fully saturated rings. The molecular weight excluding hydrogens is 289 g/mol. The number of aryl methyl sites for hydroxylation is 2. The van der Waals surface area contributed by atoms with Crippen molar-refractivity contribution in [1.29, 1.82) is 0 Å². The molecule has 2 rings (SSSR count). The van der Waals surface area contributed by atoms with Crippen LogP contribution in [0.5, 0.6) is 0 Å². The molecule has 0 amide bonds. The number of hydrogen-bond donors (Lipinski definition) is 1. The summed E-state index contributed by atoms with van der Waals surface area (Å²) in [5, 5.41) is 4.57. The van der Waals surface area contributed by atoms with Crippen molar-refractivity contribution in [3.05, 3.63) is 40.4 Å². The third-order valence-corrected chi connectivity index (χ3v) is 4.63. The van der Waals surface area contributed by atoms with E-state index < -0.39 is 16.6 Å². The highest BCUT2D eigenvalue weighted by Gasteiger charge is 2.17. The van der Waals surface area contributed by atoms with Crippen LogP contribution in [0.1, 0.15) is 11.3 Å². The summed E-state index contributed by atoms with van der Waals surface area (Å²) in [7, 11) is 0.240. The third kappa shape index (κ3) is 2.79. The van der Waals surface area contributed by atoms with Crippen molar-refractivity contribution in [3.8, 4) is 0 Å². The van der Waals surface area contributed by atoms with Crippen molar-refractivity contribution >= 4 is 28.1 Å². The van der Waals surface area contributed by atoms with Gasteiger partial charge in [-0.25, -0.2) is 4.39 Å². The van der Waals surface area contributed by atoms with Crippen molar-refractivity contribution in [2.75, 3.05) is 5.73 Å². The number of anilines is 1. The molecular formula is C12H13ClFN3OS. The van der Waals surface area contributed by atoms with Crippen LogP contribution < -0.4 is 5.73 Å². The zero-order valence-electron chi connectivity index (χ0n) is 10.5. The maximum absolute atomic E-state index is 13.2. The lowest BCUT2D eigenvalue weighted by Crippen LogP contribution is -2.02. The first-order chi connectivity index (χ1) is 8.90. The second-order valence-corrected chi connectivity index (χ2v) is 5.93. The topological polar surface area (TPSA) is 60.9 Å². The summed E-state index contributed by atoms with van der Waals surface area (Å²) in [5.74, 6) is -0.307. The lowest BCUT2D eigenvalue weighted by Gasteiger charge is -2.06. The average molecular weight is 302 g/mol. The van der Waals surface area contributed by atoms with Gasteiger partial charge in [0.25, 0.3) is 0 Å². The predicted octanol–water partition coefficient (Wildman–Crippen LogP) is 2.41. The summed E-state index contributed by atoms with van der Waals surface area (Å²) in [6.07, 6.45) is 0. The van der Waals surface area contributed by atoms with E-state index in [0.29, 0.717) is 22.1 Å². The molecule has 0 saturated carbocycles. The molecule has 0 radical (unpaired) electrons. The van der Waals surface area contributed by atoms with Gasteiger partial charge in [0.15, 0.2) is 0 Å². The Balaban J connectivity index is 2.33. The van der Waals surface area contributed by atoms with Gasteiger partial charge in [-0.1, -0.05) is 11.6 Å². The molecule has 1 aromatic carbocycles. The molecule has 0 aliphatic heterocycles. The quantitative estimate of drug-likeness (QED) is 0.886. The predicted molar refractivity (Wildman–Crippen MR) is 73.9 cm³/mol. The molecule has 2 aromatic rings. The lowest BCUT2D eigenvalue weighted by atomic mass is 10.3. The Morgan fingerprint density at radius 3 is 2.79 bits per heavy atom. The minimum absolute atomic E-state index is 0.159. The fourth-order valence-electron chi connectivity index (χ4n) is 1.75. The second kappa shape index (κ2) is 5.30. The summed E-state index contributed by atoms with van der Waals surface area (Å²) >= 11 is 6.08. The van der Waals surface area contributed by atoms with Crippen LogP contribution in [0.25, 0.3) is 0 Å². The van der Waals surface area contributed by atoms with Crippen LogP contribution in [0.15, 0.2) is 23.1 Å². The number of aromatic nitrogens is 2. The van der Waals surface area contributed by atoms with Gasteiger partial charge in [-0.05, 0) is 25.1 Å². The zero-order valence-corrected chi connectivity index (χ0v) is 12.1. The van der Waals surface area contributed by atoms with Crippen molar-refractivity contribution in [3.63, 3.8) is 0 Å². The number of halogens is 2. The van der Waals surface area contributed by atoms with Crippen molar-refractivity contribution in [1.82, 2.24) is 9.78 Å². The number of rotatable bonds is 3. The van der Waals surface area contributed by atoms with E-state index in [1.165, 1.54) is 22.9 Å². The summed E-state index contributed by atoms with van der Waals surface area (Å²) < 4.78 is 27.0. The molecule has 1 heterocycles. The van der Waals surface area contributed by atoms with Crippen LogP contribution in [-0.4, -0.2) is 14.0 Å². The van der Waals surface area contributed by atoms with Gasteiger partial charge in [0.2, 0.25) is 0 Å². The van der Waals surface area contributed by atoms with Gasteiger partial charge < -0.3 is 5.73 Å². The Hall–Kier alpha value is -1.40. The summed E-state index contributed by atoms with van der Waals surface area (Å²) in [5.41, 5.74) is 7.41. The Bertz CT molecular complexity index is 657. The molecule has 0 saturated heterocycles. The average Bonchev–Trinajstić information content (AvgIpc) is 2.59. The van der Waals surface area contributed by atoms with Crippen LogP contribution >= 0.6 is 11.6 Å². The van der Waals surface area contributed by atoms with E-state index >= 15 is 0 Å².